The summed E-state index contributed by atoms with van der Waals surface area (Å²) < 4.78 is 3.70. The van der Waals surface area contributed by atoms with E-state index in [9.17, 15) is 0 Å². The van der Waals surface area contributed by atoms with Crippen molar-refractivity contribution in [3.63, 3.8) is 0 Å². The van der Waals surface area contributed by atoms with Gasteiger partial charge in [-0.15, -0.1) is 0 Å². The Bertz CT molecular complexity index is 440. The maximum Gasteiger partial charge on any atom is 0.208 e. The highest BCUT2D eigenvalue weighted by atomic mass is 15.3. The van der Waals surface area contributed by atoms with Crippen molar-refractivity contribution in [1.29, 1.82) is 0 Å². The van der Waals surface area contributed by atoms with Crippen LogP contribution in [0.5, 0.6) is 0 Å². The van der Waals surface area contributed by atoms with E-state index in [1.54, 1.807) is 10.9 Å². The molecule has 0 aliphatic heterocycles. The van der Waals surface area contributed by atoms with E-state index >= 15 is 0 Å². The normalized spacial score (nSPS) is 10.9. The highest BCUT2D eigenvalue weighted by Gasteiger charge is 2.07. The number of imidazole rings is 1. The van der Waals surface area contributed by atoms with E-state index in [1.165, 1.54) is 0 Å². The predicted molar refractivity (Wildman–Crippen MR) is 59.1 cm³/mol. The number of anilines is 1. The molecular weight excluding hydrogens is 190 g/mol. The lowest BCUT2D eigenvalue weighted by atomic mass is 10.4. The predicted octanol–water partition coefficient (Wildman–Crippen LogP) is 1.43. The molecule has 0 spiro atoms. The van der Waals surface area contributed by atoms with Crippen LogP contribution in [0.3, 0.4) is 0 Å². The van der Waals surface area contributed by atoms with E-state index in [0.29, 0.717) is 6.04 Å². The van der Waals surface area contributed by atoms with Gasteiger partial charge in [-0.1, -0.05) is 0 Å². The van der Waals surface area contributed by atoms with Crippen molar-refractivity contribution in [2.45, 2.75) is 19.9 Å². The van der Waals surface area contributed by atoms with Crippen molar-refractivity contribution < 1.29 is 0 Å². The molecule has 0 aliphatic carbocycles. The lowest BCUT2D eigenvalue weighted by molar-refractivity contribution is 0.749. The van der Waals surface area contributed by atoms with Gasteiger partial charge in [0.2, 0.25) is 5.95 Å². The van der Waals surface area contributed by atoms with Gasteiger partial charge in [0.05, 0.1) is 0 Å². The van der Waals surface area contributed by atoms with E-state index in [1.807, 2.05) is 30.1 Å². The molecule has 15 heavy (non-hydrogen) atoms. The summed E-state index contributed by atoms with van der Waals surface area (Å²) in [5.41, 5.74) is 0. The summed E-state index contributed by atoms with van der Waals surface area (Å²) in [4.78, 5) is 4.24. The Kier molecular flexibility index (Phi) is 2.45. The van der Waals surface area contributed by atoms with Crippen LogP contribution in [0.25, 0.3) is 5.82 Å². The second kappa shape index (κ2) is 3.76. The summed E-state index contributed by atoms with van der Waals surface area (Å²) in [6.45, 7) is 4.16. The largest absolute Gasteiger partial charge is 0.353 e. The molecule has 80 valence electrons. The van der Waals surface area contributed by atoms with Gasteiger partial charge in [0, 0.05) is 37.7 Å². The average Bonchev–Trinajstić information content (AvgIpc) is 2.72. The third-order valence-electron chi connectivity index (χ3n) is 2.00. The number of nitrogens with zero attached hydrogens (tertiary/aromatic N) is 4. The van der Waals surface area contributed by atoms with Gasteiger partial charge in [-0.25, -0.2) is 4.98 Å². The second-order valence-corrected chi connectivity index (χ2v) is 3.77. The summed E-state index contributed by atoms with van der Waals surface area (Å²) in [5, 5.41) is 7.58. The molecule has 0 aromatic carbocycles. The fourth-order valence-electron chi connectivity index (χ4n) is 1.38. The first-order valence-corrected chi connectivity index (χ1v) is 4.96. The highest BCUT2D eigenvalue weighted by Crippen LogP contribution is 2.12. The molecule has 1 N–H and O–H groups in total. The topological polar surface area (TPSA) is 47.7 Å². The number of nitrogens with one attached hydrogen (secondary N) is 1. The van der Waals surface area contributed by atoms with E-state index in [-0.39, 0.29) is 0 Å². The molecule has 2 aromatic heterocycles. The Morgan fingerprint density at radius 1 is 1.33 bits per heavy atom. The maximum atomic E-state index is 4.32. The third-order valence-corrected chi connectivity index (χ3v) is 2.00. The molecule has 0 atom stereocenters. The molecule has 0 saturated carbocycles. The number of aryl methyl sites for hydroxylation is 1. The minimum atomic E-state index is 0.356. The fraction of sp³-hybridized carbons (Fsp3) is 0.400. The number of hydrogen-bond donors (Lipinski definition) is 1. The third kappa shape index (κ3) is 2.01. The van der Waals surface area contributed by atoms with Crippen LogP contribution < -0.4 is 5.32 Å². The molecule has 2 aromatic rings. The van der Waals surface area contributed by atoms with Crippen LogP contribution in [0.1, 0.15) is 13.8 Å². The van der Waals surface area contributed by atoms with Crippen LogP contribution in [0, 0.1) is 0 Å². The molecule has 0 fully saturated rings. The zero-order valence-corrected chi connectivity index (χ0v) is 9.18. The van der Waals surface area contributed by atoms with E-state index in [2.05, 4.69) is 29.2 Å². The van der Waals surface area contributed by atoms with Gasteiger partial charge in [-0.05, 0) is 13.8 Å². The summed E-state index contributed by atoms with van der Waals surface area (Å²) >= 11 is 0. The summed E-state index contributed by atoms with van der Waals surface area (Å²) in [5.74, 6) is 1.70. The standard InChI is InChI=1S/C10H15N5/c1-8(2)12-10-11-5-7-15(10)9-4-6-14(3)13-9/h4-8H,1-3H3,(H,11,12). The Hall–Kier alpha value is -1.78. The van der Waals surface area contributed by atoms with Crippen LogP contribution in [-0.2, 0) is 7.05 Å². The van der Waals surface area contributed by atoms with Gasteiger partial charge in [0.25, 0.3) is 0 Å². The first-order valence-electron chi connectivity index (χ1n) is 4.96. The van der Waals surface area contributed by atoms with Crippen molar-refractivity contribution in [3.05, 3.63) is 24.7 Å². The smallest absolute Gasteiger partial charge is 0.208 e. The molecule has 2 heterocycles. The monoisotopic (exact) mass is 205 g/mol. The van der Waals surface area contributed by atoms with Crippen molar-refractivity contribution >= 4 is 5.95 Å². The molecule has 0 radical (unpaired) electrons. The van der Waals surface area contributed by atoms with Gasteiger partial charge in [-0.2, -0.15) is 5.10 Å². The molecule has 0 saturated heterocycles. The Balaban J connectivity index is 2.32. The summed E-state index contributed by atoms with van der Waals surface area (Å²) in [6, 6.07) is 2.31. The van der Waals surface area contributed by atoms with E-state index < -0.39 is 0 Å². The van der Waals surface area contributed by atoms with Gasteiger partial charge in [0.1, 0.15) is 0 Å². The van der Waals surface area contributed by atoms with Gasteiger partial charge in [0.15, 0.2) is 5.82 Å². The lowest BCUT2D eigenvalue weighted by Crippen LogP contribution is -2.14. The minimum absolute atomic E-state index is 0.356. The lowest BCUT2D eigenvalue weighted by Gasteiger charge is -2.09. The molecule has 0 bridgehead atoms. The quantitative estimate of drug-likeness (QED) is 0.824. The van der Waals surface area contributed by atoms with Crippen LogP contribution >= 0.6 is 0 Å². The van der Waals surface area contributed by atoms with Gasteiger partial charge < -0.3 is 5.32 Å². The van der Waals surface area contributed by atoms with Crippen molar-refractivity contribution in [2.75, 3.05) is 5.32 Å². The molecule has 0 amide bonds. The molecule has 5 nitrogen and oxygen atoms in total. The van der Waals surface area contributed by atoms with Crippen LogP contribution in [-0.4, -0.2) is 25.4 Å². The van der Waals surface area contributed by atoms with E-state index in [4.69, 9.17) is 0 Å². The van der Waals surface area contributed by atoms with Crippen LogP contribution in [0.15, 0.2) is 24.7 Å². The summed E-state index contributed by atoms with van der Waals surface area (Å²) in [6.07, 6.45) is 5.57. The summed E-state index contributed by atoms with van der Waals surface area (Å²) in [7, 11) is 1.90. The van der Waals surface area contributed by atoms with Crippen LogP contribution in [0.2, 0.25) is 0 Å². The Labute approximate surface area is 88.7 Å². The zero-order chi connectivity index (χ0) is 10.8. The first-order chi connectivity index (χ1) is 7.16. The SMILES string of the molecule is CC(C)Nc1nccn1-c1ccn(C)n1. The van der Waals surface area contributed by atoms with E-state index in [0.717, 1.165) is 11.8 Å². The van der Waals surface area contributed by atoms with Crippen molar-refractivity contribution in [2.24, 2.45) is 7.05 Å². The fourth-order valence-corrected chi connectivity index (χ4v) is 1.38. The van der Waals surface area contributed by atoms with Gasteiger partial charge in [-0.3, -0.25) is 9.25 Å². The maximum absolute atomic E-state index is 4.32. The van der Waals surface area contributed by atoms with Crippen LogP contribution in [0.4, 0.5) is 5.95 Å². The highest BCUT2D eigenvalue weighted by molar-refractivity contribution is 5.37. The molecule has 0 aliphatic rings. The van der Waals surface area contributed by atoms with Crippen molar-refractivity contribution in [1.82, 2.24) is 19.3 Å². The first kappa shape index (κ1) is 9.76. The molecular formula is C10H15N5. The Morgan fingerprint density at radius 2 is 2.13 bits per heavy atom. The minimum Gasteiger partial charge on any atom is -0.353 e. The molecule has 2 rings (SSSR count). The number of rotatable bonds is 3. The Morgan fingerprint density at radius 3 is 2.73 bits per heavy atom. The molecule has 5 heteroatoms. The molecule has 0 unspecified atom stereocenters. The van der Waals surface area contributed by atoms with Crippen molar-refractivity contribution in [3.8, 4) is 5.82 Å². The van der Waals surface area contributed by atoms with Gasteiger partial charge >= 0.3 is 0 Å². The zero-order valence-electron chi connectivity index (χ0n) is 9.18. The number of hydrogen-bond acceptors (Lipinski definition) is 3. The number of aromatic nitrogens is 4. The average molecular weight is 205 g/mol. The second-order valence-electron chi connectivity index (χ2n) is 3.77.